The topological polar surface area (TPSA) is 55.6 Å². The van der Waals surface area contributed by atoms with Crippen molar-refractivity contribution in [1.29, 1.82) is 0 Å². The molecule has 1 aromatic carbocycles. The third-order valence-electron chi connectivity index (χ3n) is 3.07. The smallest absolute Gasteiger partial charge is 0.224 e. The zero-order valence-electron chi connectivity index (χ0n) is 11.7. The molecule has 5 nitrogen and oxygen atoms in total. The molecule has 0 saturated carbocycles. The summed E-state index contributed by atoms with van der Waals surface area (Å²) in [4.78, 5) is 8.94. The second kappa shape index (κ2) is 5.28. The first kappa shape index (κ1) is 12.6. The molecule has 3 rings (SSSR count). The number of anilines is 1. The number of aromatic nitrogens is 4. The van der Waals surface area contributed by atoms with E-state index in [2.05, 4.69) is 27.3 Å². The number of rotatable bonds is 4. The summed E-state index contributed by atoms with van der Waals surface area (Å²) in [7, 11) is 0. The zero-order chi connectivity index (χ0) is 13.9. The molecule has 0 fully saturated rings. The van der Waals surface area contributed by atoms with Crippen LogP contribution in [0.5, 0.6) is 0 Å². The van der Waals surface area contributed by atoms with Crippen molar-refractivity contribution in [3.8, 4) is 5.82 Å². The Morgan fingerprint density at radius 1 is 1.20 bits per heavy atom. The van der Waals surface area contributed by atoms with E-state index in [1.807, 2.05) is 48.1 Å². The Labute approximate surface area is 117 Å². The molecule has 0 radical (unpaired) electrons. The van der Waals surface area contributed by atoms with Crippen LogP contribution < -0.4 is 5.32 Å². The van der Waals surface area contributed by atoms with Crippen molar-refractivity contribution in [1.82, 2.24) is 19.7 Å². The summed E-state index contributed by atoms with van der Waals surface area (Å²) in [5, 5.41) is 8.75. The molecule has 0 aliphatic carbocycles. The summed E-state index contributed by atoms with van der Waals surface area (Å²) in [5.74, 6) is 1.44. The summed E-state index contributed by atoms with van der Waals surface area (Å²) in [6, 6.07) is 10.0. The Morgan fingerprint density at radius 2 is 2.05 bits per heavy atom. The van der Waals surface area contributed by atoms with Crippen LogP contribution in [0.2, 0.25) is 0 Å². The zero-order valence-corrected chi connectivity index (χ0v) is 11.7. The molecule has 102 valence electrons. The van der Waals surface area contributed by atoms with Gasteiger partial charge in [0, 0.05) is 23.7 Å². The Hall–Kier alpha value is -2.43. The van der Waals surface area contributed by atoms with E-state index in [0.29, 0.717) is 5.95 Å². The molecule has 0 unspecified atom stereocenters. The van der Waals surface area contributed by atoms with Crippen molar-refractivity contribution in [2.24, 2.45) is 0 Å². The van der Waals surface area contributed by atoms with Crippen LogP contribution in [0.15, 0.2) is 36.5 Å². The Morgan fingerprint density at radius 3 is 2.90 bits per heavy atom. The number of benzene rings is 1. The third kappa shape index (κ3) is 2.34. The molecule has 2 heterocycles. The summed E-state index contributed by atoms with van der Waals surface area (Å²) < 4.78 is 1.85. The van der Waals surface area contributed by atoms with E-state index in [9.17, 15) is 0 Å². The molecule has 5 heteroatoms. The van der Waals surface area contributed by atoms with Crippen LogP contribution >= 0.6 is 0 Å². The first-order chi connectivity index (χ1) is 9.78. The van der Waals surface area contributed by atoms with Gasteiger partial charge in [0.25, 0.3) is 0 Å². The standard InChI is InChI=1S/C15H17N5/c1-3-8-16-15-18-11(2)9-14(19-15)20-13-7-5-4-6-12(13)10-17-20/h4-7,9-10H,3,8H2,1-2H3,(H,16,18,19). The van der Waals surface area contributed by atoms with Crippen LogP contribution in [0.25, 0.3) is 16.7 Å². The van der Waals surface area contributed by atoms with Crippen LogP contribution in [-0.2, 0) is 0 Å². The number of nitrogens with one attached hydrogen (secondary N) is 1. The molecule has 0 aliphatic heterocycles. The van der Waals surface area contributed by atoms with Gasteiger partial charge in [0.05, 0.1) is 11.7 Å². The van der Waals surface area contributed by atoms with Crippen LogP contribution in [0.3, 0.4) is 0 Å². The third-order valence-corrected chi connectivity index (χ3v) is 3.07. The minimum Gasteiger partial charge on any atom is -0.354 e. The van der Waals surface area contributed by atoms with Gasteiger partial charge in [-0.1, -0.05) is 25.1 Å². The highest BCUT2D eigenvalue weighted by Crippen LogP contribution is 2.17. The minimum atomic E-state index is 0.654. The SMILES string of the molecule is CCCNc1nc(C)cc(-n2ncc3ccccc32)n1. The summed E-state index contributed by atoms with van der Waals surface area (Å²) in [5.41, 5.74) is 1.97. The fourth-order valence-corrected chi connectivity index (χ4v) is 2.13. The van der Waals surface area contributed by atoms with Crippen LogP contribution in [-0.4, -0.2) is 26.3 Å². The van der Waals surface area contributed by atoms with Gasteiger partial charge in [0.1, 0.15) is 0 Å². The molecule has 0 amide bonds. The van der Waals surface area contributed by atoms with Crippen LogP contribution in [0, 0.1) is 6.92 Å². The lowest BCUT2D eigenvalue weighted by Crippen LogP contribution is -2.08. The van der Waals surface area contributed by atoms with Crippen molar-refractivity contribution >= 4 is 16.9 Å². The average Bonchev–Trinajstić information content (AvgIpc) is 2.88. The quantitative estimate of drug-likeness (QED) is 0.789. The molecule has 2 aromatic heterocycles. The fraction of sp³-hybridized carbons (Fsp3) is 0.267. The van der Waals surface area contributed by atoms with Gasteiger partial charge >= 0.3 is 0 Å². The normalized spacial score (nSPS) is 10.9. The Bertz CT molecular complexity index is 732. The van der Waals surface area contributed by atoms with Crippen LogP contribution in [0.1, 0.15) is 19.0 Å². The Kier molecular flexibility index (Phi) is 3.33. The van der Waals surface area contributed by atoms with Gasteiger partial charge < -0.3 is 5.32 Å². The average molecular weight is 267 g/mol. The molecule has 3 aromatic rings. The summed E-state index contributed by atoms with van der Waals surface area (Å²) in [6.07, 6.45) is 2.89. The number of para-hydroxylation sites is 1. The molecular weight excluding hydrogens is 250 g/mol. The van der Waals surface area contributed by atoms with E-state index < -0.39 is 0 Å². The second-order valence-electron chi connectivity index (χ2n) is 4.73. The molecule has 0 bridgehead atoms. The number of hydrogen-bond donors (Lipinski definition) is 1. The number of hydrogen-bond acceptors (Lipinski definition) is 4. The van der Waals surface area contributed by atoms with Gasteiger partial charge in [-0.2, -0.15) is 10.1 Å². The van der Waals surface area contributed by atoms with E-state index in [-0.39, 0.29) is 0 Å². The van der Waals surface area contributed by atoms with Crippen molar-refractivity contribution in [3.63, 3.8) is 0 Å². The van der Waals surface area contributed by atoms with Gasteiger partial charge in [-0.3, -0.25) is 0 Å². The molecule has 0 saturated heterocycles. The number of nitrogens with zero attached hydrogens (tertiary/aromatic N) is 4. The molecular formula is C15H17N5. The number of aryl methyl sites for hydroxylation is 1. The van der Waals surface area contributed by atoms with Gasteiger partial charge in [-0.25, -0.2) is 9.67 Å². The first-order valence-corrected chi connectivity index (χ1v) is 6.80. The van der Waals surface area contributed by atoms with Crippen LogP contribution in [0.4, 0.5) is 5.95 Å². The van der Waals surface area contributed by atoms with E-state index >= 15 is 0 Å². The largest absolute Gasteiger partial charge is 0.354 e. The van der Waals surface area contributed by atoms with Crippen molar-refractivity contribution in [2.45, 2.75) is 20.3 Å². The van der Waals surface area contributed by atoms with E-state index in [0.717, 1.165) is 35.4 Å². The summed E-state index contributed by atoms with van der Waals surface area (Å²) in [6.45, 7) is 4.95. The van der Waals surface area contributed by atoms with Gasteiger partial charge in [-0.05, 0) is 19.4 Å². The van der Waals surface area contributed by atoms with Gasteiger partial charge in [-0.15, -0.1) is 0 Å². The van der Waals surface area contributed by atoms with E-state index in [4.69, 9.17) is 0 Å². The highest BCUT2D eigenvalue weighted by atomic mass is 15.3. The maximum absolute atomic E-state index is 4.54. The molecule has 20 heavy (non-hydrogen) atoms. The maximum atomic E-state index is 4.54. The molecule has 1 N–H and O–H groups in total. The van der Waals surface area contributed by atoms with Crippen molar-refractivity contribution in [3.05, 3.63) is 42.2 Å². The van der Waals surface area contributed by atoms with Crippen molar-refractivity contribution < 1.29 is 0 Å². The monoisotopic (exact) mass is 267 g/mol. The lowest BCUT2D eigenvalue weighted by atomic mass is 10.2. The summed E-state index contributed by atoms with van der Waals surface area (Å²) >= 11 is 0. The Balaban J connectivity index is 2.07. The minimum absolute atomic E-state index is 0.654. The lowest BCUT2D eigenvalue weighted by Gasteiger charge is -2.08. The predicted octanol–water partition coefficient (Wildman–Crippen LogP) is 2.95. The first-order valence-electron chi connectivity index (χ1n) is 6.80. The molecule has 0 aliphatic rings. The predicted molar refractivity (Wildman–Crippen MR) is 80.2 cm³/mol. The maximum Gasteiger partial charge on any atom is 0.224 e. The molecule has 0 spiro atoms. The highest BCUT2D eigenvalue weighted by molar-refractivity contribution is 5.79. The highest BCUT2D eigenvalue weighted by Gasteiger charge is 2.08. The van der Waals surface area contributed by atoms with Gasteiger partial charge in [0.15, 0.2) is 5.82 Å². The van der Waals surface area contributed by atoms with Crippen molar-refractivity contribution in [2.75, 3.05) is 11.9 Å². The van der Waals surface area contributed by atoms with E-state index in [1.54, 1.807) is 0 Å². The van der Waals surface area contributed by atoms with Gasteiger partial charge in [0.2, 0.25) is 5.95 Å². The molecule has 0 atom stereocenters. The lowest BCUT2D eigenvalue weighted by molar-refractivity contribution is 0.854. The fourth-order valence-electron chi connectivity index (χ4n) is 2.13. The second-order valence-corrected chi connectivity index (χ2v) is 4.73. The van der Waals surface area contributed by atoms with E-state index in [1.165, 1.54) is 0 Å². The number of fused-ring (bicyclic) bond motifs is 1.